The largest absolute Gasteiger partial charge is 0.508 e. The van der Waals surface area contributed by atoms with Gasteiger partial charge in [0.25, 0.3) is 5.56 Å². The first-order valence-corrected chi connectivity index (χ1v) is 9.58. The zero-order valence-corrected chi connectivity index (χ0v) is 15.6. The van der Waals surface area contributed by atoms with Gasteiger partial charge in [0, 0.05) is 6.04 Å². The van der Waals surface area contributed by atoms with Crippen molar-refractivity contribution in [3.8, 4) is 22.6 Å². The topological polar surface area (TPSA) is 84.3 Å². The Bertz CT molecular complexity index is 1380. The Morgan fingerprint density at radius 2 is 2.07 bits per heavy atom. The van der Waals surface area contributed by atoms with Crippen LogP contribution in [-0.4, -0.2) is 21.2 Å². The summed E-state index contributed by atoms with van der Waals surface area (Å²) in [5.74, 6) is -0.439. The van der Waals surface area contributed by atoms with Crippen LogP contribution < -0.4 is 15.7 Å². The summed E-state index contributed by atoms with van der Waals surface area (Å²) < 4.78 is 25.3. The first-order chi connectivity index (χ1) is 13.5. The van der Waals surface area contributed by atoms with Crippen LogP contribution in [0, 0.1) is 5.82 Å². The molecule has 1 aliphatic rings. The van der Waals surface area contributed by atoms with Crippen molar-refractivity contribution in [2.24, 2.45) is 0 Å². The summed E-state index contributed by atoms with van der Waals surface area (Å²) in [6.07, 6.45) is 1.81. The summed E-state index contributed by atoms with van der Waals surface area (Å²) >= 11 is 1.10. The van der Waals surface area contributed by atoms with Crippen molar-refractivity contribution in [3.05, 3.63) is 56.7 Å². The molecule has 8 heteroatoms. The van der Waals surface area contributed by atoms with E-state index in [0.717, 1.165) is 30.4 Å². The summed E-state index contributed by atoms with van der Waals surface area (Å²) in [5.41, 5.74) is 0.106. The molecule has 6 nitrogen and oxygen atoms in total. The van der Waals surface area contributed by atoms with Crippen LogP contribution in [0.25, 0.3) is 32.2 Å². The maximum atomic E-state index is 15.1. The van der Waals surface area contributed by atoms with Gasteiger partial charge in [0.2, 0.25) is 5.43 Å². The molecule has 1 saturated carbocycles. The minimum absolute atomic E-state index is 0.00191. The molecule has 2 heterocycles. The van der Waals surface area contributed by atoms with E-state index in [0.29, 0.717) is 15.9 Å². The molecular formula is C20H15FN2O4S. The van der Waals surface area contributed by atoms with E-state index in [-0.39, 0.29) is 33.9 Å². The van der Waals surface area contributed by atoms with Gasteiger partial charge < -0.3 is 14.4 Å². The van der Waals surface area contributed by atoms with Crippen molar-refractivity contribution >= 4 is 32.7 Å². The van der Waals surface area contributed by atoms with Crippen LogP contribution in [0.4, 0.5) is 4.39 Å². The number of halogens is 1. The van der Waals surface area contributed by atoms with Crippen LogP contribution in [-0.2, 0) is 0 Å². The molecule has 2 aromatic heterocycles. The van der Waals surface area contributed by atoms with Gasteiger partial charge >= 0.3 is 0 Å². The number of aromatic nitrogens is 2. The van der Waals surface area contributed by atoms with Gasteiger partial charge in [0.05, 0.1) is 23.6 Å². The number of methoxy groups -OCH3 is 1. The smallest absolute Gasteiger partial charge is 0.271 e. The van der Waals surface area contributed by atoms with E-state index in [1.54, 1.807) is 12.1 Å². The summed E-state index contributed by atoms with van der Waals surface area (Å²) in [4.78, 5) is 25.7. The van der Waals surface area contributed by atoms with E-state index in [1.165, 1.54) is 19.2 Å². The second kappa shape index (κ2) is 5.93. The highest BCUT2D eigenvalue weighted by Gasteiger charge is 2.31. The number of aromatic amines is 1. The van der Waals surface area contributed by atoms with Crippen LogP contribution in [0.2, 0.25) is 0 Å². The molecule has 0 saturated heterocycles. The molecule has 1 aliphatic carbocycles. The van der Waals surface area contributed by atoms with Crippen molar-refractivity contribution in [2.75, 3.05) is 7.11 Å². The number of nitrogens with zero attached hydrogens (tertiary/aromatic N) is 1. The zero-order chi connectivity index (χ0) is 19.6. The molecule has 4 aromatic rings. The van der Waals surface area contributed by atoms with Gasteiger partial charge in [-0.3, -0.25) is 14.0 Å². The molecule has 0 bridgehead atoms. The maximum absolute atomic E-state index is 15.1. The lowest BCUT2D eigenvalue weighted by atomic mass is 10.00. The van der Waals surface area contributed by atoms with E-state index in [2.05, 4.69) is 4.37 Å². The number of ether oxygens (including phenoxy) is 1. The molecule has 1 fully saturated rings. The Balaban J connectivity index is 2.02. The summed E-state index contributed by atoms with van der Waals surface area (Å²) in [7, 11) is 1.42. The van der Waals surface area contributed by atoms with Crippen molar-refractivity contribution in [3.63, 3.8) is 0 Å². The average molecular weight is 398 g/mol. The summed E-state index contributed by atoms with van der Waals surface area (Å²) in [6.45, 7) is 0. The first-order valence-electron chi connectivity index (χ1n) is 8.76. The molecule has 0 unspecified atom stereocenters. The lowest BCUT2D eigenvalue weighted by Gasteiger charge is -2.18. The number of pyridine rings is 1. The molecule has 2 N–H and O–H groups in total. The standard InChI is InChI=1S/C20H15FN2O4S/c1-27-18-14(9-3-2-4-11(24)7-9)13(21)8-12-16(18)23(10-5-6-10)20-15(17(12)25)19(26)22-28-20/h2-4,7-8,10,24H,5-6H2,1H3,(H,22,26). The minimum atomic E-state index is -0.652. The Kier molecular flexibility index (Phi) is 3.60. The van der Waals surface area contributed by atoms with Gasteiger partial charge in [-0.05, 0) is 48.1 Å². The highest BCUT2D eigenvalue weighted by molar-refractivity contribution is 7.12. The fraction of sp³-hybridized carbons (Fsp3) is 0.200. The normalized spacial score (nSPS) is 14.1. The summed E-state index contributed by atoms with van der Waals surface area (Å²) in [6, 6.07) is 7.50. The second-order valence-electron chi connectivity index (χ2n) is 6.86. The van der Waals surface area contributed by atoms with E-state index in [4.69, 9.17) is 4.74 Å². The van der Waals surface area contributed by atoms with Crippen LogP contribution in [0.5, 0.6) is 11.5 Å². The third-order valence-electron chi connectivity index (χ3n) is 5.07. The number of rotatable bonds is 3. The number of phenolic OH excluding ortho intramolecular Hbond substituents is 1. The molecule has 0 atom stereocenters. The number of benzene rings is 2. The highest BCUT2D eigenvalue weighted by Crippen LogP contribution is 2.45. The van der Waals surface area contributed by atoms with Crippen molar-refractivity contribution in [2.45, 2.75) is 18.9 Å². The fourth-order valence-electron chi connectivity index (χ4n) is 3.74. The van der Waals surface area contributed by atoms with Crippen LogP contribution >= 0.6 is 11.5 Å². The van der Waals surface area contributed by atoms with Crippen LogP contribution in [0.15, 0.2) is 39.9 Å². The Labute approximate surface area is 161 Å². The van der Waals surface area contributed by atoms with Crippen LogP contribution in [0.3, 0.4) is 0 Å². The van der Waals surface area contributed by atoms with Gasteiger partial charge in [0.1, 0.15) is 21.8 Å². The van der Waals surface area contributed by atoms with Gasteiger partial charge in [0.15, 0.2) is 5.75 Å². The van der Waals surface area contributed by atoms with E-state index < -0.39 is 16.8 Å². The van der Waals surface area contributed by atoms with E-state index >= 15 is 4.39 Å². The quantitative estimate of drug-likeness (QED) is 0.550. The third kappa shape index (κ3) is 2.31. The van der Waals surface area contributed by atoms with Crippen molar-refractivity contribution in [1.82, 2.24) is 8.94 Å². The molecular weight excluding hydrogens is 383 g/mol. The Morgan fingerprint density at radius 3 is 2.75 bits per heavy atom. The average Bonchev–Trinajstić information content (AvgIpc) is 3.43. The van der Waals surface area contributed by atoms with Gasteiger partial charge in [-0.1, -0.05) is 12.1 Å². The van der Waals surface area contributed by atoms with Gasteiger partial charge in [-0.25, -0.2) is 4.39 Å². The fourth-order valence-corrected chi connectivity index (χ4v) is 4.66. The third-order valence-corrected chi connectivity index (χ3v) is 5.95. The van der Waals surface area contributed by atoms with Gasteiger partial charge in [-0.2, -0.15) is 0 Å². The zero-order valence-electron chi connectivity index (χ0n) is 14.8. The Morgan fingerprint density at radius 1 is 1.29 bits per heavy atom. The van der Waals surface area contributed by atoms with E-state index in [9.17, 15) is 14.7 Å². The number of nitrogens with one attached hydrogen (secondary N) is 1. The molecule has 5 rings (SSSR count). The SMILES string of the molecule is COc1c(-c2cccc(O)c2)c(F)cc2c(=O)c3c(=O)[nH]sc3n(C3CC3)c12. The molecule has 0 radical (unpaired) electrons. The van der Waals surface area contributed by atoms with Crippen molar-refractivity contribution in [1.29, 1.82) is 0 Å². The lowest BCUT2D eigenvalue weighted by Crippen LogP contribution is -2.16. The number of H-pyrrole nitrogens is 1. The summed E-state index contributed by atoms with van der Waals surface area (Å²) in [5, 5.41) is 9.99. The predicted octanol–water partition coefficient (Wildman–Crippen LogP) is 3.76. The molecule has 0 amide bonds. The Hall–Kier alpha value is -3.13. The number of aromatic hydroxyl groups is 1. The number of hydrogen-bond acceptors (Lipinski definition) is 5. The minimum Gasteiger partial charge on any atom is -0.508 e. The molecule has 0 spiro atoms. The van der Waals surface area contributed by atoms with Gasteiger partial charge in [-0.15, -0.1) is 0 Å². The van der Waals surface area contributed by atoms with Crippen LogP contribution in [0.1, 0.15) is 18.9 Å². The maximum Gasteiger partial charge on any atom is 0.271 e. The number of hydrogen-bond donors (Lipinski definition) is 2. The van der Waals surface area contributed by atoms with Crippen molar-refractivity contribution < 1.29 is 14.2 Å². The molecule has 142 valence electrons. The number of phenols is 1. The first kappa shape index (κ1) is 17.0. The van der Waals surface area contributed by atoms with E-state index in [1.807, 2.05) is 4.57 Å². The molecule has 2 aromatic carbocycles. The predicted molar refractivity (Wildman–Crippen MR) is 106 cm³/mol. The molecule has 28 heavy (non-hydrogen) atoms. The monoisotopic (exact) mass is 398 g/mol. The lowest BCUT2D eigenvalue weighted by molar-refractivity contribution is 0.416. The number of fused-ring (bicyclic) bond motifs is 2. The molecule has 0 aliphatic heterocycles. The highest BCUT2D eigenvalue weighted by atomic mass is 32.1. The second-order valence-corrected chi connectivity index (χ2v) is 7.65.